The van der Waals surface area contributed by atoms with Crippen LogP contribution in [0.4, 0.5) is 0 Å². The number of ether oxygens (including phenoxy) is 2. The van der Waals surface area contributed by atoms with Gasteiger partial charge in [0.2, 0.25) is 5.91 Å². The minimum Gasteiger partial charge on any atom is -0.497 e. The molecule has 1 aromatic carbocycles. The summed E-state index contributed by atoms with van der Waals surface area (Å²) >= 11 is 1.63. The summed E-state index contributed by atoms with van der Waals surface area (Å²) in [5.74, 6) is 1.05. The van der Waals surface area contributed by atoms with Crippen LogP contribution in [0.25, 0.3) is 0 Å². The third-order valence-corrected chi connectivity index (χ3v) is 5.52. The Labute approximate surface area is 152 Å². The number of aryl methyl sites for hydroxylation is 2. The lowest BCUT2D eigenvalue weighted by Gasteiger charge is -2.33. The van der Waals surface area contributed by atoms with Crippen molar-refractivity contribution in [3.05, 3.63) is 45.9 Å². The quantitative estimate of drug-likeness (QED) is 0.795. The maximum atomic E-state index is 12.5. The van der Waals surface area contributed by atoms with Crippen LogP contribution in [0.3, 0.4) is 0 Å². The van der Waals surface area contributed by atoms with E-state index in [1.807, 2.05) is 29.5 Å². The van der Waals surface area contributed by atoms with E-state index in [9.17, 15) is 4.79 Å². The smallest absolute Gasteiger partial charge is 0.223 e. The van der Waals surface area contributed by atoms with E-state index in [1.54, 1.807) is 18.4 Å². The third kappa shape index (κ3) is 4.80. The molecule has 0 N–H and O–H groups in total. The fourth-order valence-electron chi connectivity index (χ4n) is 3.04. The first kappa shape index (κ1) is 17.9. The van der Waals surface area contributed by atoms with E-state index in [1.165, 1.54) is 10.4 Å². The Kier molecular flexibility index (Phi) is 6.04. The van der Waals surface area contributed by atoms with Crippen molar-refractivity contribution in [2.45, 2.75) is 32.3 Å². The van der Waals surface area contributed by atoms with Crippen LogP contribution in [-0.4, -0.2) is 48.7 Å². The molecule has 0 unspecified atom stereocenters. The van der Waals surface area contributed by atoms with Crippen LogP contribution < -0.4 is 4.74 Å². The number of rotatable bonds is 6. The Morgan fingerprint density at radius 1 is 1.40 bits per heavy atom. The lowest BCUT2D eigenvalue weighted by Crippen LogP contribution is -2.46. The minimum absolute atomic E-state index is 0.0521. The van der Waals surface area contributed by atoms with Gasteiger partial charge in [-0.3, -0.25) is 4.79 Å². The molecule has 1 saturated heterocycles. The number of nitrogens with zero attached hydrogens (tertiary/aromatic N) is 2. The Morgan fingerprint density at radius 2 is 2.20 bits per heavy atom. The Hall–Kier alpha value is -1.92. The summed E-state index contributed by atoms with van der Waals surface area (Å²) in [6.07, 6.45) is 2.17. The van der Waals surface area contributed by atoms with E-state index in [0.717, 1.165) is 24.3 Å². The average Bonchev–Trinajstić information content (AvgIpc) is 3.05. The highest BCUT2D eigenvalue weighted by Crippen LogP contribution is 2.18. The van der Waals surface area contributed by atoms with Gasteiger partial charge in [0.1, 0.15) is 5.75 Å². The van der Waals surface area contributed by atoms with E-state index < -0.39 is 0 Å². The second kappa shape index (κ2) is 8.45. The number of hydrogen-bond acceptors (Lipinski definition) is 5. The normalized spacial score (nSPS) is 17.5. The molecular formula is C19H24N2O3S. The summed E-state index contributed by atoms with van der Waals surface area (Å²) in [6.45, 7) is 3.94. The fraction of sp³-hybridized carbons (Fsp3) is 0.474. The monoisotopic (exact) mass is 360 g/mol. The predicted octanol–water partition coefficient (Wildman–Crippen LogP) is 2.86. The van der Waals surface area contributed by atoms with E-state index >= 15 is 0 Å². The van der Waals surface area contributed by atoms with Crippen molar-refractivity contribution >= 4 is 17.2 Å². The lowest BCUT2D eigenvalue weighted by atomic mass is 10.1. The topological polar surface area (TPSA) is 51.7 Å². The summed E-state index contributed by atoms with van der Waals surface area (Å²) in [5, 5.41) is 0. The Bertz CT molecular complexity index is 699. The summed E-state index contributed by atoms with van der Waals surface area (Å²) < 4.78 is 11.0. The fourth-order valence-corrected chi connectivity index (χ4v) is 3.82. The molecule has 2 heterocycles. The number of methoxy groups -OCH3 is 1. The first-order chi connectivity index (χ1) is 12.2. The van der Waals surface area contributed by atoms with Crippen molar-refractivity contribution in [3.8, 4) is 5.75 Å². The highest BCUT2D eigenvalue weighted by atomic mass is 32.1. The molecule has 1 aromatic heterocycles. The average molecular weight is 360 g/mol. The van der Waals surface area contributed by atoms with Crippen molar-refractivity contribution < 1.29 is 14.3 Å². The predicted molar refractivity (Wildman–Crippen MR) is 98.2 cm³/mol. The second-order valence-electron chi connectivity index (χ2n) is 6.25. The molecule has 0 saturated carbocycles. The lowest BCUT2D eigenvalue weighted by molar-refractivity contribution is -0.138. The number of morpholine rings is 1. The van der Waals surface area contributed by atoms with Crippen LogP contribution in [0.2, 0.25) is 0 Å². The number of carbonyl (C=O) groups is 1. The molecule has 2 aromatic rings. The summed E-state index contributed by atoms with van der Waals surface area (Å²) in [5.41, 5.74) is 4.08. The van der Waals surface area contributed by atoms with Gasteiger partial charge in [0.15, 0.2) is 0 Å². The van der Waals surface area contributed by atoms with Gasteiger partial charge in [0.25, 0.3) is 0 Å². The number of aromatic nitrogens is 1. The number of hydrogen-bond donors (Lipinski definition) is 0. The SMILES string of the molecule is COc1ccc(C[C@H]2CN(C(=O)CCc3scnc3C)CCO2)cc1. The number of carbonyl (C=O) groups excluding carboxylic acids is 1. The maximum absolute atomic E-state index is 12.5. The molecule has 25 heavy (non-hydrogen) atoms. The molecule has 6 heteroatoms. The van der Waals surface area contributed by atoms with Gasteiger partial charge in [-0.2, -0.15) is 0 Å². The molecule has 0 bridgehead atoms. The first-order valence-electron chi connectivity index (χ1n) is 8.57. The molecule has 0 spiro atoms. The van der Waals surface area contributed by atoms with Crippen molar-refractivity contribution in [3.63, 3.8) is 0 Å². The van der Waals surface area contributed by atoms with Crippen LogP contribution in [0, 0.1) is 6.92 Å². The van der Waals surface area contributed by atoms with E-state index in [4.69, 9.17) is 9.47 Å². The van der Waals surface area contributed by atoms with Gasteiger partial charge in [0.05, 0.1) is 31.0 Å². The van der Waals surface area contributed by atoms with Gasteiger partial charge in [-0.25, -0.2) is 4.98 Å². The van der Waals surface area contributed by atoms with E-state index in [-0.39, 0.29) is 12.0 Å². The van der Waals surface area contributed by atoms with E-state index in [0.29, 0.717) is 26.1 Å². The molecule has 1 fully saturated rings. The third-order valence-electron chi connectivity index (χ3n) is 4.52. The largest absolute Gasteiger partial charge is 0.497 e. The first-order valence-corrected chi connectivity index (χ1v) is 9.45. The molecular weight excluding hydrogens is 336 g/mol. The number of benzene rings is 1. The van der Waals surface area contributed by atoms with Gasteiger partial charge in [-0.1, -0.05) is 12.1 Å². The zero-order valence-electron chi connectivity index (χ0n) is 14.7. The van der Waals surface area contributed by atoms with E-state index in [2.05, 4.69) is 17.1 Å². The Balaban J connectivity index is 1.51. The zero-order valence-corrected chi connectivity index (χ0v) is 15.6. The summed E-state index contributed by atoms with van der Waals surface area (Å²) in [6, 6.07) is 8.02. The minimum atomic E-state index is 0.0521. The standard InChI is InChI=1S/C19H24N2O3S/c1-14-18(25-13-20-14)7-8-19(22)21-9-10-24-17(12-21)11-15-3-5-16(23-2)6-4-15/h3-6,13,17H,7-12H2,1-2H3/t17-/m0/s1. The highest BCUT2D eigenvalue weighted by Gasteiger charge is 2.24. The van der Waals surface area contributed by atoms with Crippen LogP contribution in [0.1, 0.15) is 22.6 Å². The van der Waals surface area contributed by atoms with Gasteiger partial charge in [-0.05, 0) is 31.0 Å². The van der Waals surface area contributed by atoms with Gasteiger partial charge < -0.3 is 14.4 Å². The van der Waals surface area contributed by atoms with Crippen molar-refractivity contribution in [1.29, 1.82) is 0 Å². The molecule has 0 aliphatic carbocycles. The second-order valence-corrected chi connectivity index (χ2v) is 7.19. The molecule has 1 aliphatic rings. The van der Waals surface area contributed by atoms with Crippen molar-refractivity contribution in [2.24, 2.45) is 0 Å². The van der Waals surface area contributed by atoms with Gasteiger partial charge in [0, 0.05) is 30.8 Å². The zero-order chi connectivity index (χ0) is 17.6. The molecule has 5 nitrogen and oxygen atoms in total. The Morgan fingerprint density at radius 3 is 2.88 bits per heavy atom. The molecule has 1 atom stereocenters. The number of thiazole rings is 1. The summed E-state index contributed by atoms with van der Waals surface area (Å²) in [4.78, 5) is 19.9. The highest BCUT2D eigenvalue weighted by molar-refractivity contribution is 7.09. The van der Waals surface area contributed by atoms with Crippen LogP contribution in [0.5, 0.6) is 5.75 Å². The molecule has 0 radical (unpaired) electrons. The van der Waals surface area contributed by atoms with Crippen LogP contribution in [0.15, 0.2) is 29.8 Å². The molecule has 134 valence electrons. The molecule has 3 rings (SSSR count). The maximum Gasteiger partial charge on any atom is 0.223 e. The van der Waals surface area contributed by atoms with Crippen molar-refractivity contribution in [1.82, 2.24) is 9.88 Å². The van der Waals surface area contributed by atoms with Crippen LogP contribution in [-0.2, 0) is 22.4 Å². The summed E-state index contributed by atoms with van der Waals surface area (Å²) in [7, 11) is 1.66. The number of amides is 1. The van der Waals surface area contributed by atoms with Gasteiger partial charge in [-0.15, -0.1) is 11.3 Å². The van der Waals surface area contributed by atoms with Crippen LogP contribution >= 0.6 is 11.3 Å². The van der Waals surface area contributed by atoms with Crippen molar-refractivity contribution in [2.75, 3.05) is 26.8 Å². The van der Waals surface area contributed by atoms with Gasteiger partial charge >= 0.3 is 0 Å². The molecule has 1 aliphatic heterocycles. The molecule has 1 amide bonds.